The van der Waals surface area contributed by atoms with Crippen LogP contribution in [0.25, 0.3) is 0 Å². The van der Waals surface area contributed by atoms with Crippen molar-refractivity contribution in [2.75, 3.05) is 49.7 Å². The Labute approximate surface area is 332 Å². The highest BCUT2D eigenvalue weighted by molar-refractivity contribution is 8.00. The predicted octanol–water partition coefficient (Wildman–Crippen LogP) is 10.9. The molecule has 0 saturated carbocycles. The smallest absolute Gasteiger partial charge is 0.267 e. The molecular formula is C44H43N3O7S2. The predicted molar refractivity (Wildman–Crippen MR) is 225 cm³/mol. The molecule has 1 N–H and O–H groups in total. The van der Waals surface area contributed by atoms with Gasteiger partial charge in [-0.25, -0.2) is 0 Å². The molecule has 288 valence electrons. The third kappa shape index (κ3) is 7.81. The topological polar surface area (TPSA) is 101 Å². The molecule has 0 spiro atoms. The summed E-state index contributed by atoms with van der Waals surface area (Å²) < 4.78 is 56.6. The van der Waals surface area contributed by atoms with E-state index in [-0.39, 0.29) is 6.42 Å². The summed E-state index contributed by atoms with van der Waals surface area (Å²) in [7, 11) is 2.33. The van der Waals surface area contributed by atoms with Crippen molar-refractivity contribution in [1.82, 2.24) is 0 Å². The SMILES string of the molecule is COc1ccc(N(c2ccc(OC)cc2)c2cccc3c2Sc2c(cccc2N(c2ccc(OC)cc2)c2ccc(OC)cc2)N3CCC(C)S(=O)(=O)O)cc1. The summed E-state index contributed by atoms with van der Waals surface area (Å²) in [6, 6.07) is 44.0. The number of hydrogen-bond donors (Lipinski definition) is 1. The highest BCUT2D eigenvalue weighted by atomic mass is 32.2. The Morgan fingerprint density at radius 1 is 0.554 bits per heavy atom. The fourth-order valence-corrected chi connectivity index (χ4v) is 8.43. The number of nitrogens with zero attached hydrogens (tertiary/aromatic N) is 3. The van der Waals surface area contributed by atoms with Crippen LogP contribution in [0.2, 0.25) is 0 Å². The van der Waals surface area contributed by atoms with Gasteiger partial charge in [-0.15, -0.1) is 0 Å². The van der Waals surface area contributed by atoms with Gasteiger partial charge in [0.05, 0.1) is 66.2 Å². The van der Waals surface area contributed by atoms with Gasteiger partial charge in [0.15, 0.2) is 0 Å². The van der Waals surface area contributed by atoms with E-state index in [1.54, 1.807) is 40.2 Å². The number of benzene rings is 6. The van der Waals surface area contributed by atoms with Crippen LogP contribution in [0, 0.1) is 0 Å². The highest BCUT2D eigenvalue weighted by Gasteiger charge is 2.32. The monoisotopic (exact) mass is 789 g/mol. The van der Waals surface area contributed by atoms with E-state index in [4.69, 9.17) is 18.9 Å². The van der Waals surface area contributed by atoms with Gasteiger partial charge < -0.3 is 33.6 Å². The Morgan fingerprint density at radius 3 is 1.16 bits per heavy atom. The first-order chi connectivity index (χ1) is 27.1. The summed E-state index contributed by atoms with van der Waals surface area (Å²) in [5, 5.41) is -0.972. The van der Waals surface area contributed by atoms with Crippen LogP contribution < -0.4 is 33.6 Å². The minimum absolute atomic E-state index is 0.193. The third-order valence-electron chi connectivity index (χ3n) is 9.80. The molecule has 10 nitrogen and oxygen atoms in total. The average Bonchev–Trinajstić information content (AvgIpc) is 3.23. The first kappa shape index (κ1) is 38.5. The molecule has 1 aliphatic heterocycles. The molecule has 0 fully saturated rings. The number of fused-ring (bicyclic) bond motifs is 2. The van der Waals surface area contributed by atoms with Crippen molar-refractivity contribution >= 4 is 67.4 Å². The second-order valence-electron chi connectivity index (χ2n) is 13.1. The summed E-state index contributed by atoms with van der Waals surface area (Å²) in [6.07, 6.45) is 0.193. The third-order valence-corrected chi connectivity index (χ3v) is 12.3. The fourth-order valence-electron chi connectivity index (χ4n) is 6.72. The van der Waals surface area contributed by atoms with Gasteiger partial charge in [-0.2, -0.15) is 8.42 Å². The van der Waals surface area contributed by atoms with E-state index in [1.165, 1.54) is 6.92 Å². The lowest BCUT2D eigenvalue weighted by molar-refractivity contribution is 0.414. The molecule has 1 aliphatic rings. The van der Waals surface area contributed by atoms with Crippen LogP contribution in [-0.4, -0.2) is 53.2 Å². The summed E-state index contributed by atoms with van der Waals surface area (Å²) in [5.41, 5.74) is 7.29. The van der Waals surface area contributed by atoms with Crippen LogP contribution in [0.3, 0.4) is 0 Å². The number of methoxy groups -OCH3 is 4. The largest absolute Gasteiger partial charge is 0.497 e. The zero-order chi connectivity index (χ0) is 39.4. The zero-order valence-corrected chi connectivity index (χ0v) is 33.4. The maximum atomic E-state index is 12.3. The summed E-state index contributed by atoms with van der Waals surface area (Å²) in [6.45, 7) is 1.86. The van der Waals surface area contributed by atoms with Gasteiger partial charge in [-0.05, 0) is 135 Å². The van der Waals surface area contributed by atoms with E-state index in [0.717, 1.165) is 78.3 Å². The van der Waals surface area contributed by atoms with Crippen LogP contribution >= 0.6 is 11.8 Å². The Bertz CT molecular complexity index is 2150. The molecule has 1 atom stereocenters. The Hall–Kier alpha value is -5.82. The molecule has 0 bridgehead atoms. The van der Waals surface area contributed by atoms with Gasteiger partial charge in [0.2, 0.25) is 0 Å². The molecule has 1 unspecified atom stereocenters. The lowest BCUT2D eigenvalue weighted by Crippen LogP contribution is -2.28. The minimum Gasteiger partial charge on any atom is -0.497 e. The second kappa shape index (κ2) is 16.5. The summed E-state index contributed by atoms with van der Waals surface area (Å²) >= 11 is 1.65. The molecule has 0 aromatic heterocycles. The van der Waals surface area contributed by atoms with Gasteiger partial charge in [0.25, 0.3) is 10.1 Å². The second-order valence-corrected chi connectivity index (χ2v) is 15.9. The van der Waals surface area contributed by atoms with Gasteiger partial charge in [-0.3, -0.25) is 4.55 Å². The van der Waals surface area contributed by atoms with Crippen molar-refractivity contribution in [3.05, 3.63) is 133 Å². The van der Waals surface area contributed by atoms with Gasteiger partial charge in [-0.1, -0.05) is 23.9 Å². The molecule has 1 heterocycles. The Balaban J connectivity index is 1.45. The number of hydrogen-bond acceptors (Lipinski definition) is 10. The van der Waals surface area contributed by atoms with E-state index in [2.05, 4.69) is 39.0 Å². The van der Waals surface area contributed by atoms with Crippen molar-refractivity contribution < 1.29 is 31.9 Å². The molecule has 6 aromatic rings. The van der Waals surface area contributed by atoms with Crippen LogP contribution in [0.5, 0.6) is 23.0 Å². The number of rotatable bonds is 14. The lowest BCUT2D eigenvalue weighted by atomic mass is 10.1. The molecule has 0 radical (unpaired) electrons. The highest BCUT2D eigenvalue weighted by Crippen LogP contribution is 2.58. The van der Waals surface area contributed by atoms with Crippen molar-refractivity contribution in [3.8, 4) is 23.0 Å². The first-order valence-electron chi connectivity index (χ1n) is 18.0. The average molecular weight is 790 g/mol. The molecule has 0 amide bonds. The van der Waals surface area contributed by atoms with Crippen molar-refractivity contribution in [3.63, 3.8) is 0 Å². The summed E-state index contributed by atoms with van der Waals surface area (Å²) in [5.74, 6) is 2.95. The number of ether oxygens (including phenoxy) is 4. The van der Waals surface area contributed by atoms with E-state index in [9.17, 15) is 13.0 Å². The van der Waals surface area contributed by atoms with Crippen molar-refractivity contribution in [1.29, 1.82) is 0 Å². The maximum Gasteiger partial charge on any atom is 0.267 e. The maximum absolute atomic E-state index is 12.3. The van der Waals surface area contributed by atoms with E-state index in [0.29, 0.717) is 6.54 Å². The molecule has 7 rings (SSSR count). The molecule has 56 heavy (non-hydrogen) atoms. The lowest BCUT2D eigenvalue weighted by Gasteiger charge is -2.38. The van der Waals surface area contributed by atoms with Crippen molar-refractivity contribution in [2.24, 2.45) is 0 Å². The van der Waals surface area contributed by atoms with E-state index >= 15 is 0 Å². The molecule has 12 heteroatoms. The van der Waals surface area contributed by atoms with Crippen LogP contribution in [-0.2, 0) is 10.1 Å². The molecule has 6 aromatic carbocycles. The Morgan fingerprint density at radius 2 is 0.875 bits per heavy atom. The molecule has 0 aliphatic carbocycles. The molecule has 0 saturated heterocycles. The fraction of sp³-hybridized carbons (Fsp3) is 0.182. The molecular weight excluding hydrogens is 747 g/mol. The standard InChI is InChI=1S/C44H43N3O7S2/c1-30(56(48,49)50)28-29-45-39-8-6-10-41(46(31-12-20-35(51-2)21-13-31)32-14-22-36(52-3)23-15-32)43(39)55-44-40(45)9-7-11-42(44)47(33-16-24-37(53-4)25-17-33)34-18-26-38(54-5)27-19-34/h6-27,30H,28-29H2,1-5H3,(H,48,49,50). The number of anilines is 8. The van der Waals surface area contributed by atoms with E-state index in [1.807, 2.05) is 109 Å². The van der Waals surface area contributed by atoms with Gasteiger partial charge in [0.1, 0.15) is 23.0 Å². The zero-order valence-electron chi connectivity index (χ0n) is 31.7. The normalized spacial score (nSPS) is 12.6. The first-order valence-corrected chi connectivity index (χ1v) is 20.3. The van der Waals surface area contributed by atoms with Crippen LogP contribution in [0.1, 0.15) is 13.3 Å². The van der Waals surface area contributed by atoms with Gasteiger partial charge >= 0.3 is 0 Å². The quantitative estimate of drug-likeness (QED) is 0.107. The van der Waals surface area contributed by atoms with Gasteiger partial charge in [0, 0.05) is 29.3 Å². The Kier molecular flexibility index (Phi) is 11.3. The minimum atomic E-state index is -4.26. The van der Waals surface area contributed by atoms with Crippen LogP contribution in [0.15, 0.2) is 143 Å². The summed E-state index contributed by atoms with van der Waals surface area (Å²) in [4.78, 5) is 8.48. The van der Waals surface area contributed by atoms with Crippen molar-refractivity contribution in [2.45, 2.75) is 28.4 Å². The van der Waals surface area contributed by atoms with Crippen LogP contribution in [0.4, 0.5) is 45.5 Å². The van der Waals surface area contributed by atoms with E-state index < -0.39 is 15.4 Å².